The monoisotopic (exact) mass is 402 g/mol. The van der Waals surface area contributed by atoms with Crippen molar-refractivity contribution < 1.29 is 4.79 Å². The lowest BCUT2D eigenvalue weighted by atomic mass is 10.1. The molecule has 0 aliphatic heterocycles. The van der Waals surface area contributed by atoms with E-state index < -0.39 is 0 Å². The number of carbonyl (C=O) groups excluding carboxylic acids is 1. The van der Waals surface area contributed by atoms with Crippen LogP contribution in [0.4, 0.5) is 5.69 Å². The first-order chi connectivity index (χ1) is 14.1. The molecule has 1 N–H and O–H groups in total. The van der Waals surface area contributed by atoms with E-state index in [-0.39, 0.29) is 5.91 Å². The number of rotatable bonds is 5. The van der Waals surface area contributed by atoms with Crippen LogP contribution in [0.2, 0.25) is 0 Å². The van der Waals surface area contributed by atoms with E-state index in [9.17, 15) is 4.79 Å². The van der Waals surface area contributed by atoms with Gasteiger partial charge < -0.3 is 5.32 Å². The first-order valence-electron chi connectivity index (χ1n) is 9.63. The van der Waals surface area contributed by atoms with Crippen LogP contribution in [-0.4, -0.2) is 20.2 Å². The second-order valence-corrected chi connectivity index (χ2v) is 7.81. The molecule has 146 valence electrons. The number of hydrogen-bond donors (Lipinski definition) is 1. The Bertz CT molecular complexity index is 1200. The number of nitrogens with zero attached hydrogens (tertiary/aromatic N) is 3. The quantitative estimate of drug-likeness (QED) is 0.504. The Kier molecular flexibility index (Phi) is 5.36. The molecule has 0 fully saturated rings. The van der Waals surface area contributed by atoms with Crippen LogP contribution >= 0.6 is 11.5 Å². The third kappa shape index (κ3) is 3.89. The molecular weight excluding hydrogens is 380 g/mol. The van der Waals surface area contributed by atoms with E-state index in [0.29, 0.717) is 12.0 Å². The maximum absolute atomic E-state index is 13.1. The summed E-state index contributed by atoms with van der Waals surface area (Å²) in [5.41, 5.74) is 6.81. The molecule has 0 bridgehead atoms. The number of anilines is 1. The van der Waals surface area contributed by atoms with E-state index in [0.717, 1.165) is 50.7 Å². The number of aromatic nitrogens is 3. The number of aryl methyl sites for hydroxylation is 3. The zero-order valence-corrected chi connectivity index (χ0v) is 17.5. The molecule has 0 aliphatic rings. The lowest BCUT2D eigenvalue weighted by Gasteiger charge is -2.11. The van der Waals surface area contributed by atoms with Crippen LogP contribution in [0.15, 0.2) is 48.5 Å². The van der Waals surface area contributed by atoms with Crippen molar-refractivity contribution in [1.29, 1.82) is 0 Å². The van der Waals surface area contributed by atoms with Crippen LogP contribution in [0.25, 0.3) is 11.0 Å². The van der Waals surface area contributed by atoms with Crippen molar-refractivity contribution in [2.24, 2.45) is 0 Å². The molecule has 0 unspecified atom stereocenters. The van der Waals surface area contributed by atoms with Gasteiger partial charge in [0, 0.05) is 17.0 Å². The molecule has 2 aromatic heterocycles. The number of fused-ring (bicyclic) bond motifs is 1. The van der Waals surface area contributed by atoms with E-state index in [4.69, 9.17) is 4.98 Å². The minimum atomic E-state index is -0.126. The van der Waals surface area contributed by atoms with Crippen LogP contribution in [0.5, 0.6) is 0 Å². The summed E-state index contributed by atoms with van der Waals surface area (Å²) in [7, 11) is 0. The molecule has 0 spiro atoms. The van der Waals surface area contributed by atoms with Gasteiger partial charge in [0.1, 0.15) is 0 Å². The molecular formula is C23H22N4OS. The molecule has 0 aliphatic carbocycles. The Morgan fingerprint density at radius 1 is 0.966 bits per heavy atom. The van der Waals surface area contributed by atoms with Gasteiger partial charge >= 0.3 is 0 Å². The highest BCUT2D eigenvalue weighted by Crippen LogP contribution is 2.25. The molecule has 1 amide bonds. The fourth-order valence-corrected chi connectivity index (χ4v) is 4.28. The Labute approximate surface area is 174 Å². The minimum Gasteiger partial charge on any atom is -0.322 e. The first kappa shape index (κ1) is 19.2. The molecule has 4 aromatic rings. The predicted molar refractivity (Wildman–Crippen MR) is 118 cm³/mol. The van der Waals surface area contributed by atoms with Gasteiger partial charge in [-0.25, -0.2) is 9.97 Å². The smallest absolute Gasteiger partial charge is 0.258 e. The average Bonchev–Trinajstić information content (AvgIpc) is 3.09. The third-order valence-electron chi connectivity index (χ3n) is 4.98. The van der Waals surface area contributed by atoms with Gasteiger partial charge in [-0.2, -0.15) is 4.37 Å². The number of para-hydroxylation sites is 3. The van der Waals surface area contributed by atoms with Crippen molar-refractivity contribution in [1.82, 2.24) is 14.3 Å². The van der Waals surface area contributed by atoms with Gasteiger partial charge in [0.25, 0.3) is 5.91 Å². The topological polar surface area (TPSA) is 67.8 Å². The zero-order valence-electron chi connectivity index (χ0n) is 16.7. The maximum Gasteiger partial charge on any atom is 0.258 e. The second kappa shape index (κ2) is 8.09. The Morgan fingerprint density at radius 3 is 2.41 bits per heavy atom. The fourth-order valence-electron chi connectivity index (χ4n) is 3.41. The molecule has 6 heteroatoms. The third-order valence-corrected chi connectivity index (χ3v) is 5.91. The SMILES string of the molecule is CCc1ccccc1NC(=O)c1c(C)nsc1Cc1nc2ccccc2nc1C. The maximum atomic E-state index is 13.1. The molecule has 4 rings (SSSR count). The van der Waals surface area contributed by atoms with Crippen molar-refractivity contribution >= 4 is 34.2 Å². The Morgan fingerprint density at radius 2 is 1.66 bits per heavy atom. The second-order valence-electron chi connectivity index (χ2n) is 6.95. The number of hydrogen-bond acceptors (Lipinski definition) is 5. The van der Waals surface area contributed by atoms with Gasteiger partial charge in [0.15, 0.2) is 0 Å². The van der Waals surface area contributed by atoms with Crippen LogP contribution in [0.3, 0.4) is 0 Å². The summed E-state index contributed by atoms with van der Waals surface area (Å²) in [5.74, 6) is -0.126. The van der Waals surface area contributed by atoms with E-state index in [1.807, 2.05) is 62.4 Å². The normalized spacial score (nSPS) is 11.0. The largest absolute Gasteiger partial charge is 0.322 e. The summed E-state index contributed by atoms with van der Waals surface area (Å²) in [6.45, 7) is 5.91. The number of amides is 1. The van der Waals surface area contributed by atoms with Crippen LogP contribution in [0.1, 0.15) is 44.8 Å². The van der Waals surface area contributed by atoms with Crippen LogP contribution in [0, 0.1) is 13.8 Å². The number of benzene rings is 2. The van der Waals surface area contributed by atoms with E-state index in [2.05, 4.69) is 21.6 Å². The van der Waals surface area contributed by atoms with Crippen LogP contribution < -0.4 is 5.32 Å². The molecule has 0 saturated carbocycles. The first-order valence-corrected chi connectivity index (χ1v) is 10.4. The van der Waals surface area contributed by atoms with Gasteiger partial charge in [0.05, 0.1) is 33.7 Å². The average molecular weight is 403 g/mol. The summed E-state index contributed by atoms with van der Waals surface area (Å²) in [6, 6.07) is 15.7. The van der Waals surface area contributed by atoms with Crippen molar-refractivity contribution in [2.45, 2.75) is 33.6 Å². The Balaban J connectivity index is 1.66. The lowest BCUT2D eigenvalue weighted by molar-refractivity contribution is 0.102. The highest BCUT2D eigenvalue weighted by atomic mass is 32.1. The standard InChI is InChI=1S/C23H22N4OS/c1-4-16-9-5-6-10-17(16)26-23(28)22-15(3)27-29-21(22)13-20-14(2)24-18-11-7-8-12-19(18)25-20/h5-12H,4,13H2,1-3H3,(H,26,28). The fraction of sp³-hybridized carbons (Fsp3) is 0.217. The van der Waals surface area contributed by atoms with Gasteiger partial charge in [-0.3, -0.25) is 4.79 Å². The van der Waals surface area contributed by atoms with E-state index >= 15 is 0 Å². The van der Waals surface area contributed by atoms with Crippen molar-refractivity contribution in [2.75, 3.05) is 5.32 Å². The van der Waals surface area contributed by atoms with E-state index in [1.165, 1.54) is 11.5 Å². The summed E-state index contributed by atoms with van der Waals surface area (Å²) in [5, 5.41) is 3.07. The molecule has 5 nitrogen and oxygen atoms in total. The highest BCUT2D eigenvalue weighted by Gasteiger charge is 2.21. The molecule has 0 atom stereocenters. The lowest BCUT2D eigenvalue weighted by Crippen LogP contribution is -2.15. The molecule has 0 saturated heterocycles. The zero-order chi connectivity index (χ0) is 20.4. The van der Waals surface area contributed by atoms with Gasteiger partial charge in [-0.05, 0) is 55.6 Å². The summed E-state index contributed by atoms with van der Waals surface area (Å²) in [6.07, 6.45) is 1.39. The summed E-state index contributed by atoms with van der Waals surface area (Å²) in [4.78, 5) is 23.4. The Hall–Kier alpha value is -3.12. The molecule has 2 heterocycles. The number of carbonyl (C=O) groups is 1. The van der Waals surface area contributed by atoms with Crippen molar-refractivity contribution in [3.05, 3.63) is 81.6 Å². The minimum absolute atomic E-state index is 0.126. The van der Waals surface area contributed by atoms with Crippen molar-refractivity contribution in [3.63, 3.8) is 0 Å². The van der Waals surface area contributed by atoms with Gasteiger partial charge in [-0.15, -0.1) is 0 Å². The van der Waals surface area contributed by atoms with Crippen molar-refractivity contribution in [3.8, 4) is 0 Å². The molecule has 0 radical (unpaired) electrons. The number of nitrogens with one attached hydrogen (secondary N) is 1. The van der Waals surface area contributed by atoms with E-state index in [1.54, 1.807) is 0 Å². The summed E-state index contributed by atoms with van der Waals surface area (Å²) >= 11 is 1.36. The molecule has 2 aromatic carbocycles. The van der Waals surface area contributed by atoms with Crippen LogP contribution in [-0.2, 0) is 12.8 Å². The van der Waals surface area contributed by atoms with Gasteiger partial charge in [-0.1, -0.05) is 37.3 Å². The molecule has 29 heavy (non-hydrogen) atoms. The predicted octanol–water partition coefficient (Wildman–Crippen LogP) is 5.11. The highest BCUT2D eigenvalue weighted by molar-refractivity contribution is 7.06. The van der Waals surface area contributed by atoms with Gasteiger partial charge in [0.2, 0.25) is 0 Å². The summed E-state index contributed by atoms with van der Waals surface area (Å²) < 4.78 is 4.44.